The molecule has 2 rings (SSSR count). The van der Waals surface area contributed by atoms with Gasteiger partial charge in [0.1, 0.15) is 5.75 Å². The first-order valence-electron chi connectivity index (χ1n) is 6.36. The fraction of sp³-hybridized carbons (Fsp3) is 0.333. The van der Waals surface area contributed by atoms with Crippen molar-refractivity contribution in [3.63, 3.8) is 0 Å². The number of hydrogen-bond acceptors (Lipinski definition) is 3. The summed E-state index contributed by atoms with van der Waals surface area (Å²) in [6.45, 7) is 3.31. The largest absolute Gasteiger partial charge is 0.494 e. The van der Waals surface area contributed by atoms with E-state index in [9.17, 15) is 0 Å². The summed E-state index contributed by atoms with van der Waals surface area (Å²) in [5.41, 5.74) is 12.6. The summed E-state index contributed by atoms with van der Waals surface area (Å²) in [5.74, 6) is 0.917. The van der Waals surface area contributed by atoms with Gasteiger partial charge in [0, 0.05) is 12.6 Å². The molecule has 2 aromatic rings. The molecule has 0 heterocycles. The Morgan fingerprint density at radius 2 is 1.83 bits per heavy atom. The van der Waals surface area contributed by atoms with Gasteiger partial charge in [-0.2, -0.15) is 0 Å². The molecule has 1 atom stereocenters. The second kappa shape index (κ2) is 5.85. The first kappa shape index (κ1) is 12.9. The van der Waals surface area contributed by atoms with Gasteiger partial charge >= 0.3 is 0 Å². The Balaban J connectivity index is 2.30. The first-order chi connectivity index (χ1) is 8.74. The molecule has 96 valence electrons. The Labute approximate surface area is 108 Å². The van der Waals surface area contributed by atoms with Gasteiger partial charge in [0.2, 0.25) is 0 Å². The van der Waals surface area contributed by atoms with Crippen molar-refractivity contribution in [1.82, 2.24) is 0 Å². The monoisotopic (exact) mass is 244 g/mol. The molecule has 0 saturated carbocycles. The third kappa shape index (κ3) is 2.81. The Hall–Kier alpha value is -1.58. The molecule has 0 aromatic heterocycles. The number of fused-ring (bicyclic) bond motifs is 1. The van der Waals surface area contributed by atoms with Crippen LogP contribution in [0.3, 0.4) is 0 Å². The van der Waals surface area contributed by atoms with E-state index >= 15 is 0 Å². The predicted octanol–water partition coefficient (Wildman–Crippen LogP) is 2.59. The number of benzene rings is 2. The molecule has 4 N–H and O–H groups in total. The molecule has 0 aliphatic heterocycles. The SMILES string of the molecule is CCCOc1ccc2cc(C(N)CN)ccc2c1. The highest BCUT2D eigenvalue weighted by atomic mass is 16.5. The lowest BCUT2D eigenvalue weighted by Crippen LogP contribution is -2.20. The number of nitrogens with two attached hydrogens (primary N) is 2. The number of rotatable bonds is 5. The standard InChI is InChI=1S/C15H20N2O/c1-2-7-18-14-6-5-11-8-13(15(17)10-16)4-3-12(11)9-14/h3-6,8-9,15H,2,7,10,16-17H2,1H3. The van der Waals surface area contributed by atoms with Crippen LogP contribution in [-0.2, 0) is 0 Å². The van der Waals surface area contributed by atoms with E-state index in [0.29, 0.717) is 6.54 Å². The van der Waals surface area contributed by atoms with Crippen molar-refractivity contribution in [2.75, 3.05) is 13.2 Å². The third-order valence-corrected chi connectivity index (χ3v) is 2.99. The van der Waals surface area contributed by atoms with E-state index in [1.54, 1.807) is 0 Å². The summed E-state index contributed by atoms with van der Waals surface area (Å²) in [6, 6.07) is 12.2. The van der Waals surface area contributed by atoms with Gasteiger partial charge in [-0.25, -0.2) is 0 Å². The van der Waals surface area contributed by atoms with E-state index in [-0.39, 0.29) is 6.04 Å². The second-order valence-corrected chi connectivity index (χ2v) is 4.46. The van der Waals surface area contributed by atoms with E-state index in [1.165, 1.54) is 5.39 Å². The zero-order valence-corrected chi connectivity index (χ0v) is 10.7. The van der Waals surface area contributed by atoms with Gasteiger partial charge in [0.25, 0.3) is 0 Å². The van der Waals surface area contributed by atoms with Gasteiger partial charge in [-0.1, -0.05) is 25.1 Å². The first-order valence-corrected chi connectivity index (χ1v) is 6.36. The van der Waals surface area contributed by atoms with Gasteiger partial charge in [-0.15, -0.1) is 0 Å². The molecule has 0 saturated heterocycles. The lowest BCUT2D eigenvalue weighted by Gasteiger charge is -2.11. The molecular formula is C15H20N2O. The maximum Gasteiger partial charge on any atom is 0.119 e. The molecule has 2 aromatic carbocycles. The van der Waals surface area contributed by atoms with E-state index in [2.05, 4.69) is 31.2 Å². The Morgan fingerprint density at radius 1 is 1.11 bits per heavy atom. The van der Waals surface area contributed by atoms with E-state index in [4.69, 9.17) is 16.2 Å². The van der Waals surface area contributed by atoms with Crippen LogP contribution in [0.15, 0.2) is 36.4 Å². The summed E-state index contributed by atoms with van der Waals surface area (Å²) >= 11 is 0. The smallest absolute Gasteiger partial charge is 0.119 e. The van der Waals surface area contributed by atoms with Gasteiger partial charge in [-0.05, 0) is 41.0 Å². The van der Waals surface area contributed by atoms with Crippen LogP contribution in [0.25, 0.3) is 10.8 Å². The summed E-state index contributed by atoms with van der Waals surface area (Å²) in [4.78, 5) is 0. The highest BCUT2D eigenvalue weighted by molar-refractivity contribution is 5.84. The van der Waals surface area contributed by atoms with Gasteiger partial charge < -0.3 is 16.2 Å². The van der Waals surface area contributed by atoms with E-state index in [1.807, 2.05) is 12.1 Å². The van der Waals surface area contributed by atoms with Crippen LogP contribution in [0, 0.1) is 0 Å². The van der Waals surface area contributed by atoms with Crippen molar-refractivity contribution in [2.24, 2.45) is 11.5 Å². The lowest BCUT2D eigenvalue weighted by molar-refractivity contribution is 0.318. The third-order valence-electron chi connectivity index (χ3n) is 2.99. The molecule has 0 bridgehead atoms. The van der Waals surface area contributed by atoms with Crippen molar-refractivity contribution in [3.05, 3.63) is 42.0 Å². The highest BCUT2D eigenvalue weighted by Crippen LogP contribution is 2.23. The minimum Gasteiger partial charge on any atom is -0.494 e. The van der Waals surface area contributed by atoms with Gasteiger partial charge in [0.05, 0.1) is 6.61 Å². The maximum atomic E-state index is 5.93. The van der Waals surface area contributed by atoms with Crippen LogP contribution in [0.4, 0.5) is 0 Å². The van der Waals surface area contributed by atoms with Crippen LogP contribution in [0.1, 0.15) is 24.9 Å². The predicted molar refractivity (Wildman–Crippen MR) is 75.7 cm³/mol. The van der Waals surface area contributed by atoms with Crippen molar-refractivity contribution >= 4 is 10.8 Å². The molecule has 0 spiro atoms. The lowest BCUT2D eigenvalue weighted by atomic mass is 10.0. The van der Waals surface area contributed by atoms with Gasteiger partial charge in [0.15, 0.2) is 0 Å². The molecule has 0 amide bonds. The van der Waals surface area contributed by atoms with Crippen molar-refractivity contribution in [3.8, 4) is 5.75 Å². The Morgan fingerprint density at radius 3 is 2.56 bits per heavy atom. The van der Waals surface area contributed by atoms with E-state index in [0.717, 1.165) is 29.7 Å². The van der Waals surface area contributed by atoms with Crippen LogP contribution >= 0.6 is 0 Å². The molecule has 0 radical (unpaired) electrons. The molecule has 0 aliphatic rings. The fourth-order valence-corrected chi connectivity index (χ4v) is 1.92. The van der Waals surface area contributed by atoms with Crippen LogP contribution in [-0.4, -0.2) is 13.2 Å². The quantitative estimate of drug-likeness (QED) is 0.849. The molecule has 1 unspecified atom stereocenters. The highest BCUT2D eigenvalue weighted by Gasteiger charge is 2.05. The molecule has 3 heteroatoms. The Kier molecular flexibility index (Phi) is 4.18. The Bertz CT molecular complexity index is 525. The van der Waals surface area contributed by atoms with Crippen molar-refractivity contribution in [1.29, 1.82) is 0 Å². The number of ether oxygens (including phenoxy) is 1. The van der Waals surface area contributed by atoms with Crippen LogP contribution < -0.4 is 16.2 Å². The van der Waals surface area contributed by atoms with Crippen molar-refractivity contribution < 1.29 is 4.74 Å². The minimum atomic E-state index is -0.0922. The average Bonchev–Trinajstić information content (AvgIpc) is 2.43. The second-order valence-electron chi connectivity index (χ2n) is 4.46. The molecular weight excluding hydrogens is 224 g/mol. The average molecular weight is 244 g/mol. The normalized spacial score (nSPS) is 12.6. The summed E-state index contributed by atoms with van der Waals surface area (Å²) < 4.78 is 5.62. The summed E-state index contributed by atoms with van der Waals surface area (Å²) in [6.07, 6.45) is 1.02. The minimum absolute atomic E-state index is 0.0922. The molecule has 18 heavy (non-hydrogen) atoms. The van der Waals surface area contributed by atoms with Crippen LogP contribution in [0.2, 0.25) is 0 Å². The van der Waals surface area contributed by atoms with Gasteiger partial charge in [-0.3, -0.25) is 0 Å². The molecule has 0 fully saturated rings. The molecule has 3 nitrogen and oxygen atoms in total. The zero-order valence-electron chi connectivity index (χ0n) is 10.7. The maximum absolute atomic E-state index is 5.93. The zero-order chi connectivity index (χ0) is 13.0. The van der Waals surface area contributed by atoms with E-state index < -0.39 is 0 Å². The summed E-state index contributed by atoms with van der Waals surface area (Å²) in [5, 5.41) is 2.33. The summed E-state index contributed by atoms with van der Waals surface area (Å²) in [7, 11) is 0. The topological polar surface area (TPSA) is 61.3 Å². The molecule has 0 aliphatic carbocycles. The fourth-order valence-electron chi connectivity index (χ4n) is 1.92. The number of hydrogen-bond donors (Lipinski definition) is 2. The van der Waals surface area contributed by atoms with Crippen molar-refractivity contribution in [2.45, 2.75) is 19.4 Å². The van der Waals surface area contributed by atoms with Crippen LogP contribution in [0.5, 0.6) is 5.75 Å².